The molecule has 2 aliphatic rings. The van der Waals surface area contributed by atoms with Crippen molar-refractivity contribution in [3.05, 3.63) is 11.8 Å². The summed E-state index contributed by atoms with van der Waals surface area (Å²) in [6.07, 6.45) is -13.5. The van der Waals surface area contributed by atoms with Crippen LogP contribution in [0.2, 0.25) is 0 Å². The summed E-state index contributed by atoms with van der Waals surface area (Å²) in [6.45, 7) is -1.17. The van der Waals surface area contributed by atoms with E-state index in [2.05, 4.69) is 14.1 Å². The molecule has 19 nitrogen and oxygen atoms in total. The summed E-state index contributed by atoms with van der Waals surface area (Å²) in [5, 5.41) is 51.1. The van der Waals surface area contributed by atoms with Crippen LogP contribution in [0, 0.1) is 0 Å². The lowest BCUT2D eigenvalue weighted by Crippen LogP contribution is -2.66. The van der Waals surface area contributed by atoms with Crippen molar-refractivity contribution in [3.63, 3.8) is 0 Å². The smallest absolute Gasteiger partial charge is 0.397 e. The van der Waals surface area contributed by atoms with Crippen LogP contribution in [0.3, 0.4) is 0 Å². The lowest BCUT2D eigenvalue weighted by Gasteiger charge is -2.44. The summed E-state index contributed by atoms with van der Waals surface area (Å²) < 4.78 is 82.7. The fourth-order valence-electron chi connectivity index (χ4n) is 2.87. The molecule has 21 heteroatoms. The number of carbonyl (C=O) groups is 1. The molecule has 4 unspecified atom stereocenters. The fourth-order valence-corrected chi connectivity index (χ4v) is 3.77. The minimum atomic E-state index is -5.11. The average Bonchev–Trinajstić information content (AvgIpc) is 2.66. The Balaban J connectivity index is 2.41. The van der Waals surface area contributed by atoms with Crippen LogP contribution in [0.5, 0.6) is 0 Å². The van der Waals surface area contributed by atoms with E-state index in [0.29, 0.717) is 6.08 Å². The van der Waals surface area contributed by atoms with E-state index in [1.165, 1.54) is 4.72 Å². The molecule has 0 aromatic carbocycles. The van der Waals surface area contributed by atoms with Gasteiger partial charge in [0.1, 0.15) is 36.6 Å². The molecule has 0 aliphatic carbocycles. The maximum Gasteiger partial charge on any atom is 0.397 e. The molecule has 0 aromatic heterocycles. The number of ether oxygens (including phenoxy) is 3. The lowest BCUT2D eigenvalue weighted by atomic mass is 9.97. The number of aliphatic hydroxyl groups excluding tert-OH is 3. The van der Waals surface area contributed by atoms with Crippen molar-refractivity contribution in [3.8, 4) is 0 Å². The number of aliphatic hydroxyl groups is 3. The molecule has 2 aliphatic heterocycles. The average molecular weight is 529 g/mol. The van der Waals surface area contributed by atoms with E-state index >= 15 is 0 Å². The molecule has 0 aromatic rings. The predicted octanol–water partition coefficient (Wildman–Crippen LogP) is -4.49. The number of hydrogen-bond acceptors (Lipinski definition) is 15. The van der Waals surface area contributed by atoms with Crippen molar-refractivity contribution in [1.29, 1.82) is 0 Å². The molecule has 8 N–H and O–H groups in total. The van der Waals surface area contributed by atoms with Gasteiger partial charge in [0.25, 0.3) is 0 Å². The second-order valence-electron chi connectivity index (χ2n) is 6.44. The third-order valence-corrected chi connectivity index (χ3v) is 5.19. The highest BCUT2D eigenvalue weighted by molar-refractivity contribution is 7.83. The van der Waals surface area contributed by atoms with Crippen LogP contribution in [-0.2, 0) is 53.8 Å². The maximum absolute atomic E-state index is 11.2. The van der Waals surface area contributed by atoms with Crippen molar-refractivity contribution in [2.45, 2.75) is 49.1 Å². The summed E-state index contributed by atoms with van der Waals surface area (Å²) in [6, 6.07) is -2.06. The van der Waals surface area contributed by atoms with Crippen LogP contribution in [0.4, 0.5) is 0 Å². The standard InChI is InChI=1S/C12H19NO18S2/c14-3-1-4(10(16)17)28-12(7(3)15)29-8-5(2-26-33(23,24)25)27-11(18)6(9(8)30-31-19)13-32(20,21)22/h1,3,5-9,11-15,18-19H,2H2,(H,16,17)(H,20,21,22)(H,23,24,25)/t3-,5?,6?,7?,8+,9+,11?,12-/m0/s1. The van der Waals surface area contributed by atoms with Gasteiger partial charge in [-0.05, 0) is 6.08 Å². The molecule has 1 fully saturated rings. The Morgan fingerprint density at radius 1 is 1.12 bits per heavy atom. The second-order valence-corrected chi connectivity index (χ2v) is 8.71. The van der Waals surface area contributed by atoms with E-state index in [-0.39, 0.29) is 0 Å². The van der Waals surface area contributed by atoms with Crippen LogP contribution in [0.25, 0.3) is 0 Å². The first-order chi connectivity index (χ1) is 15.1. The van der Waals surface area contributed by atoms with Gasteiger partial charge in [-0.25, -0.2) is 14.2 Å². The Labute approximate surface area is 184 Å². The molecular formula is C12H19NO18S2. The molecule has 0 bridgehead atoms. The minimum absolute atomic E-state index is 0.612. The highest BCUT2D eigenvalue weighted by Gasteiger charge is 2.52. The molecule has 0 saturated carbocycles. The van der Waals surface area contributed by atoms with Gasteiger partial charge in [0.15, 0.2) is 6.29 Å². The maximum atomic E-state index is 11.2. The van der Waals surface area contributed by atoms with Gasteiger partial charge in [0.05, 0.1) is 6.61 Å². The molecule has 0 amide bonds. The SMILES string of the molecule is O=C(O)C1=C[C@H](O)C(O)[C@H](O[C@@H]2C(COS(=O)(=O)O)OC(O)C(NS(=O)(=O)O)[C@H]2OOO)O1. The van der Waals surface area contributed by atoms with Crippen molar-refractivity contribution < 1.29 is 84.7 Å². The largest absolute Gasteiger partial charge is 0.475 e. The summed E-state index contributed by atoms with van der Waals surface area (Å²) >= 11 is 0. The van der Waals surface area contributed by atoms with Crippen molar-refractivity contribution in [1.82, 2.24) is 4.72 Å². The lowest BCUT2D eigenvalue weighted by molar-refractivity contribution is -0.523. The van der Waals surface area contributed by atoms with E-state index in [4.69, 9.17) is 33.7 Å². The first-order valence-corrected chi connectivity index (χ1v) is 11.2. The van der Waals surface area contributed by atoms with Gasteiger partial charge >= 0.3 is 26.7 Å². The van der Waals surface area contributed by atoms with Crippen molar-refractivity contribution in [2.75, 3.05) is 6.61 Å². The summed E-state index contributed by atoms with van der Waals surface area (Å²) in [7, 11) is -10.2. The quantitative estimate of drug-likeness (QED) is 0.0751. The highest BCUT2D eigenvalue weighted by atomic mass is 32.3. The van der Waals surface area contributed by atoms with Crippen LogP contribution < -0.4 is 4.72 Å². The number of hydrogen-bond donors (Lipinski definition) is 8. The second kappa shape index (κ2) is 10.8. The molecule has 2 rings (SSSR count). The molecule has 0 radical (unpaired) electrons. The van der Waals surface area contributed by atoms with Crippen LogP contribution >= 0.6 is 0 Å². The van der Waals surface area contributed by atoms with E-state index in [1.54, 1.807) is 0 Å². The summed E-state index contributed by atoms with van der Waals surface area (Å²) in [5.74, 6) is -2.60. The molecule has 8 atom stereocenters. The van der Waals surface area contributed by atoms with Gasteiger partial charge in [0, 0.05) is 0 Å². The first kappa shape index (κ1) is 27.7. The van der Waals surface area contributed by atoms with E-state index in [0.717, 1.165) is 0 Å². The zero-order valence-electron chi connectivity index (χ0n) is 15.8. The normalized spacial score (nSPS) is 35.5. The van der Waals surface area contributed by atoms with Crippen molar-refractivity contribution >= 4 is 26.7 Å². The fraction of sp³-hybridized carbons (Fsp3) is 0.750. The molecule has 0 spiro atoms. The topological polar surface area (TPSA) is 294 Å². The van der Waals surface area contributed by atoms with Gasteiger partial charge in [-0.1, -0.05) is 5.04 Å². The number of nitrogens with one attached hydrogen (secondary N) is 1. The Hall–Kier alpha value is -1.57. The van der Waals surface area contributed by atoms with Crippen molar-refractivity contribution in [2.24, 2.45) is 0 Å². The van der Waals surface area contributed by atoms with Gasteiger partial charge in [0.2, 0.25) is 12.0 Å². The van der Waals surface area contributed by atoms with Gasteiger partial charge in [-0.2, -0.15) is 26.4 Å². The monoisotopic (exact) mass is 529 g/mol. The number of carboxylic acids is 1. The number of rotatable bonds is 10. The summed E-state index contributed by atoms with van der Waals surface area (Å²) in [4.78, 5) is 15.6. The van der Waals surface area contributed by atoms with Crippen LogP contribution in [-0.4, -0.2) is 113 Å². The van der Waals surface area contributed by atoms with Crippen LogP contribution in [0.15, 0.2) is 11.8 Å². The zero-order chi connectivity index (χ0) is 25.1. The molecular weight excluding hydrogens is 510 g/mol. The molecule has 33 heavy (non-hydrogen) atoms. The van der Waals surface area contributed by atoms with Gasteiger partial charge in [-0.15, -0.1) is 0 Å². The Morgan fingerprint density at radius 2 is 1.76 bits per heavy atom. The van der Waals surface area contributed by atoms with E-state index in [9.17, 15) is 36.9 Å². The molecule has 192 valence electrons. The Kier molecular flexibility index (Phi) is 9.05. The van der Waals surface area contributed by atoms with Crippen LogP contribution in [0.1, 0.15) is 0 Å². The van der Waals surface area contributed by atoms with Gasteiger partial charge in [-0.3, -0.25) is 9.11 Å². The zero-order valence-corrected chi connectivity index (χ0v) is 17.5. The minimum Gasteiger partial charge on any atom is -0.475 e. The van der Waals surface area contributed by atoms with Gasteiger partial charge < -0.3 is 34.6 Å². The highest BCUT2D eigenvalue weighted by Crippen LogP contribution is 2.30. The predicted molar refractivity (Wildman–Crippen MR) is 92.9 cm³/mol. The Morgan fingerprint density at radius 3 is 2.27 bits per heavy atom. The number of aliphatic carboxylic acids is 1. The Bertz CT molecular complexity index is 934. The van der Waals surface area contributed by atoms with E-state index < -0.39 is 88.2 Å². The van der Waals surface area contributed by atoms with E-state index in [1.807, 2.05) is 0 Å². The molecule has 1 saturated heterocycles. The first-order valence-electron chi connectivity index (χ1n) is 8.43. The third kappa shape index (κ3) is 7.72. The third-order valence-electron chi connectivity index (χ3n) is 4.18. The molecule has 2 heterocycles. The number of carboxylic acid groups (broad SMARTS) is 1. The summed E-state index contributed by atoms with van der Waals surface area (Å²) in [5.41, 5.74) is 0.